The van der Waals surface area contributed by atoms with Gasteiger partial charge in [-0.05, 0) is 50.2 Å². The Bertz CT molecular complexity index is 1610. The molecule has 3 aromatic carbocycles. The molecule has 0 saturated carbocycles. The molecule has 0 aliphatic carbocycles. The van der Waals surface area contributed by atoms with Crippen molar-refractivity contribution in [3.05, 3.63) is 94.8 Å². The number of carbonyl (C=O) groups excluding carboxylic acids is 4. The summed E-state index contributed by atoms with van der Waals surface area (Å²) >= 11 is 1.37. The first-order valence-corrected chi connectivity index (χ1v) is 13.8. The Balaban J connectivity index is 1.44. The molecule has 3 amide bonds. The zero-order chi connectivity index (χ0) is 29.1. The summed E-state index contributed by atoms with van der Waals surface area (Å²) in [5.74, 6) is -1.74. The third kappa shape index (κ3) is 5.59. The van der Waals surface area contributed by atoms with E-state index >= 15 is 0 Å². The molecule has 0 saturated heterocycles. The van der Waals surface area contributed by atoms with Gasteiger partial charge >= 0.3 is 0 Å². The Hall–Kier alpha value is -4.83. The van der Waals surface area contributed by atoms with E-state index < -0.39 is 35.6 Å². The lowest BCUT2D eigenvalue weighted by Crippen LogP contribution is -2.57. The van der Waals surface area contributed by atoms with Crippen LogP contribution < -0.4 is 15.0 Å². The van der Waals surface area contributed by atoms with Crippen molar-refractivity contribution in [3.8, 4) is 17.0 Å². The third-order valence-corrected chi connectivity index (χ3v) is 7.80. The Morgan fingerprint density at radius 2 is 1.66 bits per heavy atom. The molecule has 2 heterocycles. The van der Waals surface area contributed by atoms with Gasteiger partial charge in [-0.3, -0.25) is 24.1 Å². The van der Waals surface area contributed by atoms with Gasteiger partial charge in [0, 0.05) is 16.6 Å². The maximum Gasteiger partial charge on any atom is 0.299 e. The van der Waals surface area contributed by atoms with Crippen molar-refractivity contribution in [1.29, 1.82) is 0 Å². The number of nitrogens with one attached hydrogen (secondary N) is 1. The highest BCUT2D eigenvalue weighted by atomic mass is 32.1. The van der Waals surface area contributed by atoms with Crippen LogP contribution in [0.5, 0.6) is 5.75 Å². The van der Waals surface area contributed by atoms with Crippen LogP contribution in [-0.2, 0) is 20.9 Å². The van der Waals surface area contributed by atoms with E-state index in [1.54, 1.807) is 69.5 Å². The second kappa shape index (κ2) is 11.3. The molecule has 0 unspecified atom stereocenters. The van der Waals surface area contributed by atoms with Gasteiger partial charge < -0.3 is 15.0 Å². The van der Waals surface area contributed by atoms with Gasteiger partial charge in [-0.1, -0.05) is 42.5 Å². The maximum atomic E-state index is 13.9. The SMILES string of the molecule is COc1ccc(NC(=O)C(C)(C)N(Cc2nc(-c3ccccc3)cs2)C(=O)CN2C(=O)C(=O)c3ccccc32)cc1. The molecule has 1 aliphatic heterocycles. The first kappa shape index (κ1) is 27.7. The van der Waals surface area contributed by atoms with Gasteiger partial charge in [0.1, 0.15) is 22.8 Å². The second-order valence-corrected chi connectivity index (χ2v) is 10.9. The summed E-state index contributed by atoms with van der Waals surface area (Å²) in [5.41, 5.74) is 1.49. The van der Waals surface area contributed by atoms with Crippen molar-refractivity contribution in [1.82, 2.24) is 9.88 Å². The van der Waals surface area contributed by atoms with Crippen molar-refractivity contribution < 1.29 is 23.9 Å². The second-order valence-electron chi connectivity index (χ2n) is 9.95. The first-order valence-electron chi connectivity index (χ1n) is 12.9. The van der Waals surface area contributed by atoms with E-state index in [2.05, 4.69) is 5.32 Å². The van der Waals surface area contributed by atoms with Crippen LogP contribution in [0.15, 0.2) is 84.2 Å². The standard InChI is InChI=1S/C31H28N4O5S/c1-31(2,30(39)32-21-13-15-22(40-3)16-14-21)35(17-26-33-24(19-41-26)20-9-5-4-6-10-20)27(36)18-34-25-12-8-7-11-23(25)28(37)29(34)38/h4-16,19H,17-18H2,1-3H3,(H,32,39). The number of anilines is 2. The Kier molecular flexibility index (Phi) is 7.67. The largest absolute Gasteiger partial charge is 0.497 e. The monoisotopic (exact) mass is 568 g/mol. The molecule has 9 nitrogen and oxygen atoms in total. The van der Waals surface area contributed by atoms with E-state index in [1.165, 1.54) is 21.1 Å². The average Bonchev–Trinajstić information content (AvgIpc) is 3.55. The number of ketones is 1. The lowest BCUT2D eigenvalue weighted by molar-refractivity contribution is -0.143. The van der Waals surface area contributed by atoms with E-state index in [0.717, 1.165) is 11.3 Å². The van der Waals surface area contributed by atoms with Gasteiger partial charge in [-0.2, -0.15) is 0 Å². The topological polar surface area (TPSA) is 109 Å². The first-order chi connectivity index (χ1) is 19.7. The quantitative estimate of drug-likeness (QED) is 0.291. The highest BCUT2D eigenvalue weighted by Gasteiger charge is 2.42. The number of benzene rings is 3. The molecule has 1 aromatic heterocycles. The van der Waals surface area contributed by atoms with Gasteiger partial charge in [-0.25, -0.2) is 4.98 Å². The van der Waals surface area contributed by atoms with Crippen LogP contribution in [0.25, 0.3) is 11.3 Å². The van der Waals surface area contributed by atoms with Crippen LogP contribution >= 0.6 is 11.3 Å². The summed E-state index contributed by atoms with van der Waals surface area (Å²) in [4.78, 5) is 60.2. The minimum atomic E-state index is -1.36. The number of aromatic nitrogens is 1. The molecule has 0 radical (unpaired) electrons. The Labute approximate surface area is 241 Å². The number of carbonyl (C=O) groups is 4. The number of fused-ring (bicyclic) bond motifs is 1. The third-order valence-electron chi connectivity index (χ3n) is 6.97. The number of hydrogen-bond acceptors (Lipinski definition) is 7. The zero-order valence-electron chi connectivity index (χ0n) is 22.8. The molecule has 208 valence electrons. The fourth-order valence-corrected chi connectivity index (χ4v) is 5.36. The highest BCUT2D eigenvalue weighted by Crippen LogP contribution is 2.30. The average molecular weight is 569 g/mol. The van der Waals surface area contributed by atoms with Crippen LogP contribution in [0.2, 0.25) is 0 Å². The van der Waals surface area contributed by atoms with Gasteiger partial charge in [0.2, 0.25) is 11.8 Å². The summed E-state index contributed by atoms with van der Waals surface area (Å²) in [6.45, 7) is 2.90. The van der Waals surface area contributed by atoms with E-state index in [9.17, 15) is 19.2 Å². The van der Waals surface area contributed by atoms with Gasteiger partial charge in [0.25, 0.3) is 11.7 Å². The molecule has 1 aliphatic rings. The zero-order valence-corrected chi connectivity index (χ0v) is 23.6. The summed E-state index contributed by atoms with van der Waals surface area (Å²) in [7, 11) is 1.55. The number of hydrogen-bond donors (Lipinski definition) is 1. The van der Waals surface area contributed by atoms with Crippen molar-refractivity contribution in [3.63, 3.8) is 0 Å². The number of rotatable bonds is 9. The summed E-state index contributed by atoms with van der Waals surface area (Å²) in [6, 6.07) is 23.1. The van der Waals surface area contributed by atoms with Gasteiger partial charge in [0.15, 0.2) is 0 Å². The van der Waals surface area contributed by atoms with Crippen LogP contribution in [-0.4, -0.2) is 52.6 Å². The minimum absolute atomic E-state index is 0.0248. The molecular formula is C31H28N4O5S. The number of para-hydroxylation sites is 1. The fraction of sp³-hybridized carbons (Fsp3) is 0.194. The molecular weight excluding hydrogens is 540 g/mol. The van der Waals surface area contributed by atoms with E-state index in [1.807, 2.05) is 35.7 Å². The van der Waals surface area contributed by atoms with Crippen molar-refractivity contribution in [2.75, 3.05) is 23.9 Å². The number of nitrogens with zero attached hydrogens (tertiary/aromatic N) is 3. The molecule has 0 bridgehead atoms. The van der Waals surface area contributed by atoms with Crippen LogP contribution in [0.1, 0.15) is 29.2 Å². The van der Waals surface area contributed by atoms with Crippen molar-refractivity contribution >= 4 is 46.2 Å². The van der Waals surface area contributed by atoms with Gasteiger partial charge in [-0.15, -0.1) is 11.3 Å². The minimum Gasteiger partial charge on any atom is -0.497 e. The molecule has 0 spiro atoms. The molecule has 1 N–H and O–H groups in total. The summed E-state index contributed by atoms with van der Waals surface area (Å²) < 4.78 is 5.19. The predicted molar refractivity (Wildman–Crippen MR) is 157 cm³/mol. The lowest BCUT2D eigenvalue weighted by atomic mass is 10.0. The Morgan fingerprint density at radius 1 is 0.976 bits per heavy atom. The van der Waals surface area contributed by atoms with E-state index in [0.29, 0.717) is 22.1 Å². The Morgan fingerprint density at radius 3 is 2.37 bits per heavy atom. The lowest BCUT2D eigenvalue weighted by Gasteiger charge is -2.37. The molecule has 0 fully saturated rings. The van der Waals surface area contributed by atoms with Crippen LogP contribution in [0, 0.1) is 0 Å². The molecule has 41 heavy (non-hydrogen) atoms. The van der Waals surface area contributed by atoms with Crippen LogP contribution in [0.4, 0.5) is 11.4 Å². The molecule has 5 rings (SSSR count). The summed E-state index contributed by atoms with van der Waals surface area (Å²) in [6.07, 6.45) is 0. The normalized spacial score (nSPS) is 12.7. The van der Waals surface area contributed by atoms with E-state index in [-0.39, 0.29) is 12.1 Å². The smallest absolute Gasteiger partial charge is 0.299 e. The number of methoxy groups -OCH3 is 1. The highest BCUT2D eigenvalue weighted by molar-refractivity contribution is 7.09. The van der Waals surface area contributed by atoms with Crippen molar-refractivity contribution in [2.45, 2.75) is 25.9 Å². The predicted octanol–water partition coefficient (Wildman–Crippen LogP) is 4.79. The van der Waals surface area contributed by atoms with Gasteiger partial charge in [0.05, 0.1) is 30.6 Å². The fourth-order valence-electron chi connectivity index (χ4n) is 4.56. The molecule has 0 atom stereocenters. The van der Waals surface area contributed by atoms with Crippen LogP contribution in [0.3, 0.4) is 0 Å². The van der Waals surface area contributed by atoms with E-state index in [4.69, 9.17) is 9.72 Å². The maximum absolute atomic E-state index is 13.9. The number of ether oxygens (including phenoxy) is 1. The summed E-state index contributed by atoms with van der Waals surface area (Å²) in [5, 5.41) is 5.39. The number of amides is 3. The molecule has 4 aromatic rings. The number of Topliss-reactive ketones (excluding diaryl/α,β-unsaturated/α-hetero) is 1. The molecule has 10 heteroatoms. The van der Waals surface area contributed by atoms with Crippen molar-refractivity contribution in [2.24, 2.45) is 0 Å². The number of thiazole rings is 1.